The van der Waals surface area contributed by atoms with Crippen LogP contribution in [0.15, 0.2) is 12.1 Å². The Balaban J connectivity index is 3.21. The maximum absolute atomic E-state index is 11.3. The third-order valence-electron chi connectivity index (χ3n) is 1.66. The van der Waals surface area contributed by atoms with Gasteiger partial charge in [0.1, 0.15) is 5.75 Å². The molecule has 5 heteroatoms. The van der Waals surface area contributed by atoms with E-state index in [1.165, 1.54) is 7.11 Å². The highest BCUT2D eigenvalue weighted by atomic mass is 127. The molecule has 14 heavy (non-hydrogen) atoms. The van der Waals surface area contributed by atoms with Crippen LogP contribution in [0.25, 0.3) is 0 Å². The standard InChI is InChI=1S/C9H7Cl2IO2/c1-14-9-3-7(12)5(2-6(9)11)8(13)4-10/h2-3H,4H2,1H3. The number of rotatable bonds is 3. The fraction of sp³-hybridized carbons (Fsp3) is 0.222. The minimum absolute atomic E-state index is 0.0430. The van der Waals surface area contributed by atoms with Gasteiger partial charge < -0.3 is 4.74 Å². The van der Waals surface area contributed by atoms with Crippen LogP contribution in [0, 0.1) is 3.57 Å². The Morgan fingerprint density at radius 2 is 2.21 bits per heavy atom. The molecule has 76 valence electrons. The predicted molar refractivity (Wildman–Crippen MR) is 65.8 cm³/mol. The molecule has 0 fully saturated rings. The Morgan fingerprint density at radius 1 is 1.57 bits per heavy atom. The summed E-state index contributed by atoms with van der Waals surface area (Å²) in [6, 6.07) is 3.29. The van der Waals surface area contributed by atoms with Crippen molar-refractivity contribution in [2.24, 2.45) is 0 Å². The van der Waals surface area contributed by atoms with Crippen LogP contribution in [0.5, 0.6) is 5.75 Å². The maximum atomic E-state index is 11.3. The zero-order valence-electron chi connectivity index (χ0n) is 7.31. The highest BCUT2D eigenvalue weighted by Gasteiger charge is 2.12. The number of carbonyl (C=O) groups is 1. The lowest BCUT2D eigenvalue weighted by atomic mass is 10.1. The summed E-state index contributed by atoms with van der Waals surface area (Å²) < 4.78 is 5.80. The Bertz CT molecular complexity index is 366. The van der Waals surface area contributed by atoms with E-state index in [1.54, 1.807) is 12.1 Å². The summed E-state index contributed by atoms with van der Waals surface area (Å²) in [5.41, 5.74) is 0.534. The van der Waals surface area contributed by atoms with Crippen molar-refractivity contribution in [2.45, 2.75) is 0 Å². The summed E-state index contributed by atoms with van der Waals surface area (Å²) in [4.78, 5) is 11.3. The van der Waals surface area contributed by atoms with Crippen molar-refractivity contribution in [3.63, 3.8) is 0 Å². The Hall–Kier alpha value is -0.000000000000000167. The van der Waals surface area contributed by atoms with Crippen molar-refractivity contribution >= 4 is 51.6 Å². The van der Waals surface area contributed by atoms with Crippen LogP contribution < -0.4 is 4.74 Å². The topological polar surface area (TPSA) is 26.3 Å². The largest absolute Gasteiger partial charge is 0.495 e. The first-order valence-corrected chi connectivity index (χ1v) is 5.71. The van der Waals surface area contributed by atoms with Crippen LogP contribution in [0.1, 0.15) is 10.4 Å². The van der Waals surface area contributed by atoms with Crippen molar-refractivity contribution in [1.29, 1.82) is 0 Å². The van der Waals surface area contributed by atoms with Crippen molar-refractivity contribution < 1.29 is 9.53 Å². The third-order valence-corrected chi connectivity index (χ3v) is 3.09. The van der Waals surface area contributed by atoms with E-state index in [0.29, 0.717) is 16.3 Å². The Kier molecular flexibility index (Phi) is 4.47. The third kappa shape index (κ3) is 2.52. The number of Topliss-reactive ketones (excluding diaryl/α,β-unsaturated/α-hetero) is 1. The molecule has 0 N–H and O–H groups in total. The van der Waals surface area contributed by atoms with Crippen molar-refractivity contribution in [3.05, 3.63) is 26.3 Å². The van der Waals surface area contributed by atoms with E-state index in [-0.39, 0.29) is 11.7 Å². The number of alkyl halides is 1. The van der Waals surface area contributed by atoms with E-state index in [2.05, 4.69) is 0 Å². The summed E-state index contributed by atoms with van der Waals surface area (Å²) in [6.07, 6.45) is 0. The fourth-order valence-corrected chi connectivity index (χ4v) is 2.09. The molecule has 0 aliphatic heterocycles. The van der Waals surface area contributed by atoms with Gasteiger partial charge in [-0.25, -0.2) is 0 Å². The molecule has 0 bridgehead atoms. The average Bonchev–Trinajstić information content (AvgIpc) is 2.19. The zero-order chi connectivity index (χ0) is 10.7. The van der Waals surface area contributed by atoms with E-state index in [4.69, 9.17) is 27.9 Å². The lowest BCUT2D eigenvalue weighted by Crippen LogP contribution is -2.03. The summed E-state index contributed by atoms with van der Waals surface area (Å²) in [7, 11) is 1.53. The van der Waals surface area contributed by atoms with Crippen LogP contribution in [0.3, 0.4) is 0 Å². The van der Waals surface area contributed by atoms with Crippen LogP contribution in [-0.4, -0.2) is 18.8 Å². The van der Waals surface area contributed by atoms with Crippen molar-refractivity contribution in [1.82, 2.24) is 0 Å². The fourth-order valence-electron chi connectivity index (χ4n) is 0.971. The minimum Gasteiger partial charge on any atom is -0.495 e. The van der Waals surface area contributed by atoms with Gasteiger partial charge in [-0.2, -0.15) is 0 Å². The summed E-state index contributed by atoms with van der Waals surface area (Å²) in [5.74, 6) is 0.376. The molecule has 0 unspecified atom stereocenters. The molecule has 0 heterocycles. The van der Waals surface area contributed by atoms with Crippen LogP contribution in [0.4, 0.5) is 0 Å². The first kappa shape index (κ1) is 12.1. The number of carbonyl (C=O) groups excluding carboxylic acids is 1. The van der Waals surface area contributed by atoms with Gasteiger partial charge >= 0.3 is 0 Å². The highest BCUT2D eigenvalue weighted by Crippen LogP contribution is 2.29. The zero-order valence-corrected chi connectivity index (χ0v) is 11.0. The van der Waals surface area contributed by atoms with Gasteiger partial charge in [0.2, 0.25) is 0 Å². The molecule has 1 aromatic rings. The molecule has 0 aromatic heterocycles. The molecule has 2 nitrogen and oxygen atoms in total. The van der Waals surface area contributed by atoms with Gasteiger partial charge in [0, 0.05) is 9.13 Å². The second kappa shape index (κ2) is 5.19. The number of benzene rings is 1. The van der Waals surface area contributed by atoms with Crippen LogP contribution in [-0.2, 0) is 0 Å². The first-order valence-electron chi connectivity index (χ1n) is 3.72. The number of ether oxygens (including phenoxy) is 1. The highest BCUT2D eigenvalue weighted by molar-refractivity contribution is 14.1. The van der Waals surface area contributed by atoms with Crippen LogP contribution in [0.2, 0.25) is 5.02 Å². The molecule has 0 aliphatic rings. The SMILES string of the molecule is COc1cc(I)c(C(=O)CCl)cc1Cl. The van der Waals surface area contributed by atoms with E-state index in [9.17, 15) is 4.79 Å². The molecule has 0 aliphatic carbocycles. The minimum atomic E-state index is -0.138. The van der Waals surface area contributed by atoms with Gasteiger partial charge in [-0.3, -0.25) is 4.79 Å². The molecule has 0 saturated carbocycles. The van der Waals surface area contributed by atoms with Gasteiger partial charge in [-0.15, -0.1) is 11.6 Å². The molecule has 1 rings (SSSR count). The number of ketones is 1. The second-order valence-electron chi connectivity index (χ2n) is 2.52. The second-order valence-corrected chi connectivity index (χ2v) is 4.36. The van der Waals surface area contributed by atoms with Gasteiger partial charge in [0.15, 0.2) is 5.78 Å². The molecule has 0 amide bonds. The van der Waals surface area contributed by atoms with E-state index >= 15 is 0 Å². The smallest absolute Gasteiger partial charge is 0.178 e. The maximum Gasteiger partial charge on any atom is 0.178 e. The lowest BCUT2D eigenvalue weighted by molar-refractivity contribution is 0.102. The van der Waals surface area contributed by atoms with Gasteiger partial charge in [-0.05, 0) is 34.7 Å². The van der Waals surface area contributed by atoms with Gasteiger partial charge in [0.05, 0.1) is 18.0 Å². The summed E-state index contributed by atoms with van der Waals surface area (Å²) >= 11 is 13.4. The van der Waals surface area contributed by atoms with E-state index in [0.717, 1.165) is 3.57 Å². The Labute approximate surface area is 106 Å². The van der Waals surface area contributed by atoms with Gasteiger partial charge in [-0.1, -0.05) is 11.6 Å². The molecule has 1 aromatic carbocycles. The van der Waals surface area contributed by atoms with E-state index in [1.807, 2.05) is 22.6 Å². The average molecular weight is 345 g/mol. The van der Waals surface area contributed by atoms with Gasteiger partial charge in [0.25, 0.3) is 0 Å². The summed E-state index contributed by atoms with van der Waals surface area (Å²) in [6.45, 7) is 0. The molecule has 0 atom stereocenters. The normalized spacial score (nSPS) is 10.0. The molecular formula is C9H7Cl2IO2. The van der Waals surface area contributed by atoms with Crippen LogP contribution >= 0.6 is 45.8 Å². The molecule has 0 radical (unpaired) electrons. The number of methoxy groups -OCH3 is 1. The predicted octanol–water partition coefficient (Wildman–Crippen LogP) is 3.37. The van der Waals surface area contributed by atoms with E-state index < -0.39 is 0 Å². The quantitative estimate of drug-likeness (QED) is 0.477. The first-order chi connectivity index (χ1) is 6.60. The molecule has 0 spiro atoms. The molecular weight excluding hydrogens is 338 g/mol. The van der Waals surface area contributed by atoms with Crippen molar-refractivity contribution in [3.8, 4) is 5.75 Å². The number of hydrogen-bond acceptors (Lipinski definition) is 2. The number of hydrogen-bond donors (Lipinski definition) is 0. The summed E-state index contributed by atoms with van der Waals surface area (Å²) in [5, 5.41) is 0.418. The lowest BCUT2D eigenvalue weighted by Gasteiger charge is -2.07. The monoisotopic (exact) mass is 344 g/mol. The Morgan fingerprint density at radius 3 is 2.71 bits per heavy atom. The van der Waals surface area contributed by atoms with Crippen molar-refractivity contribution in [2.75, 3.05) is 13.0 Å². The molecule has 0 saturated heterocycles. The number of halogens is 3.